The molecule has 1 heterocycles. The third-order valence-corrected chi connectivity index (χ3v) is 3.53. The fraction of sp³-hybridized carbons (Fsp3) is 0.294. The highest BCUT2D eigenvalue weighted by molar-refractivity contribution is 5.92. The van der Waals surface area contributed by atoms with E-state index in [1.54, 1.807) is 18.0 Å². The number of carbonyl (C=O) groups is 1. The van der Waals surface area contributed by atoms with Crippen molar-refractivity contribution in [2.75, 3.05) is 7.05 Å². The maximum Gasteiger partial charge on any atom is 0.272 e. The van der Waals surface area contributed by atoms with Gasteiger partial charge in [0.05, 0.1) is 0 Å². The summed E-state index contributed by atoms with van der Waals surface area (Å²) in [4.78, 5) is 18.0. The Bertz CT molecular complexity index is 691. The molecule has 0 bridgehead atoms. The number of aromatic nitrogens is 1. The fourth-order valence-electron chi connectivity index (χ4n) is 1.87. The van der Waals surface area contributed by atoms with Crippen molar-refractivity contribution in [3.05, 3.63) is 53.9 Å². The number of benzene rings is 1. The van der Waals surface area contributed by atoms with Crippen LogP contribution in [0, 0.1) is 11.6 Å². The van der Waals surface area contributed by atoms with Crippen molar-refractivity contribution < 1.29 is 13.6 Å². The molecular formula is C17H18F2N2O. The Morgan fingerprint density at radius 3 is 2.36 bits per heavy atom. The van der Waals surface area contributed by atoms with Crippen molar-refractivity contribution >= 4 is 5.91 Å². The topological polar surface area (TPSA) is 33.2 Å². The summed E-state index contributed by atoms with van der Waals surface area (Å²) in [5, 5.41) is 0. The Morgan fingerprint density at radius 2 is 1.82 bits per heavy atom. The van der Waals surface area contributed by atoms with E-state index in [0.717, 1.165) is 18.2 Å². The highest BCUT2D eigenvalue weighted by atomic mass is 19.1. The molecule has 0 aliphatic heterocycles. The minimum Gasteiger partial charge on any atom is -0.336 e. The number of hydrogen-bond donors (Lipinski definition) is 0. The molecule has 0 unspecified atom stereocenters. The zero-order chi connectivity index (χ0) is 16.5. The van der Waals surface area contributed by atoms with E-state index in [1.165, 1.54) is 12.3 Å². The molecule has 0 aliphatic rings. The Morgan fingerprint density at radius 1 is 1.14 bits per heavy atom. The fourth-order valence-corrected chi connectivity index (χ4v) is 1.87. The third kappa shape index (κ3) is 3.30. The van der Waals surface area contributed by atoms with Crippen LogP contribution in [0.1, 0.15) is 31.3 Å². The van der Waals surface area contributed by atoms with E-state index < -0.39 is 11.6 Å². The molecule has 1 aromatic heterocycles. The SMILES string of the molecule is CN(C(=O)c1ccc(-c2cc(F)ccc2F)cn1)C(C)(C)C. The number of hydrogen-bond acceptors (Lipinski definition) is 2. The van der Waals surface area contributed by atoms with Gasteiger partial charge in [0.25, 0.3) is 5.91 Å². The summed E-state index contributed by atoms with van der Waals surface area (Å²) < 4.78 is 27.0. The maximum absolute atomic E-state index is 13.7. The van der Waals surface area contributed by atoms with Crippen LogP contribution in [0.3, 0.4) is 0 Å². The average Bonchev–Trinajstić information content (AvgIpc) is 2.47. The Hall–Kier alpha value is -2.30. The molecule has 0 atom stereocenters. The maximum atomic E-state index is 13.7. The lowest BCUT2D eigenvalue weighted by molar-refractivity contribution is 0.0649. The second-order valence-electron chi connectivity index (χ2n) is 6.09. The van der Waals surface area contributed by atoms with Gasteiger partial charge in [0, 0.05) is 29.9 Å². The molecule has 22 heavy (non-hydrogen) atoms. The Kier molecular flexibility index (Phi) is 4.26. The van der Waals surface area contributed by atoms with Gasteiger partial charge in [-0.3, -0.25) is 9.78 Å². The highest BCUT2D eigenvalue weighted by Crippen LogP contribution is 2.23. The molecule has 0 aliphatic carbocycles. The Labute approximate surface area is 128 Å². The summed E-state index contributed by atoms with van der Waals surface area (Å²) in [6, 6.07) is 6.31. The minimum atomic E-state index is -0.533. The summed E-state index contributed by atoms with van der Waals surface area (Å²) in [6.07, 6.45) is 1.38. The predicted octanol–water partition coefficient (Wildman–Crippen LogP) is 3.90. The third-order valence-electron chi connectivity index (χ3n) is 3.53. The molecule has 1 aromatic carbocycles. The van der Waals surface area contributed by atoms with Gasteiger partial charge in [-0.1, -0.05) is 6.07 Å². The summed E-state index contributed by atoms with van der Waals surface area (Å²) in [5.74, 6) is -1.28. The van der Waals surface area contributed by atoms with Crippen LogP contribution in [-0.2, 0) is 0 Å². The van der Waals surface area contributed by atoms with Crippen LogP contribution in [0.2, 0.25) is 0 Å². The van der Waals surface area contributed by atoms with Crippen molar-refractivity contribution in [1.29, 1.82) is 0 Å². The molecule has 0 N–H and O–H groups in total. The predicted molar refractivity (Wildman–Crippen MR) is 81.4 cm³/mol. The first-order chi connectivity index (χ1) is 10.2. The van der Waals surface area contributed by atoms with E-state index in [0.29, 0.717) is 5.56 Å². The lowest BCUT2D eigenvalue weighted by atomic mass is 10.0. The number of rotatable bonds is 2. The molecular weight excluding hydrogens is 286 g/mol. The highest BCUT2D eigenvalue weighted by Gasteiger charge is 2.24. The second kappa shape index (κ2) is 5.83. The van der Waals surface area contributed by atoms with Crippen molar-refractivity contribution in [2.45, 2.75) is 26.3 Å². The van der Waals surface area contributed by atoms with Gasteiger partial charge in [0.15, 0.2) is 0 Å². The number of halogens is 2. The van der Waals surface area contributed by atoms with Gasteiger partial charge in [0.1, 0.15) is 17.3 Å². The van der Waals surface area contributed by atoms with Crippen molar-refractivity contribution in [2.24, 2.45) is 0 Å². The first kappa shape index (κ1) is 16.1. The van der Waals surface area contributed by atoms with Crippen molar-refractivity contribution in [1.82, 2.24) is 9.88 Å². The van der Waals surface area contributed by atoms with Crippen molar-refractivity contribution in [3.8, 4) is 11.1 Å². The van der Waals surface area contributed by atoms with Crippen LogP contribution < -0.4 is 0 Å². The molecule has 0 spiro atoms. The smallest absolute Gasteiger partial charge is 0.272 e. The molecule has 1 amide bonds. The van der Waals surface area contributed by atoms with Gasteiger partial charge in [0.2, 0.25) is 0 Å². The molecule has 3 nitrogen and oxygen atoms in total. The standard InChI is InChI=1S/C17H18F2N2O/c1-17(2,3)21(4)16(22)15-8-5-11(10-20-15)13-9-12(18)6-7-14(13)19/h5-10H,1-4H3. The summed E-state index contributed by atoms with van der Waals surface area (Å²) in [5.41, 5.74) is 0.479. The first-order valence-electron chi connectivity index (χ1n) is 6.90. The molecule has 0 saturated carbocycles. The molecule has 0 saturated heterocycles. The van der Waals surface area contributed by atoms with Crippen LogP contribution in [0.5, 0.6) is 0 Å². The van der Waals surface area contributed by atoms with Crippen LogP contribution in [-0.4, -0.2) is 28.4 Å². The van der Waals surface area contributed by atoms with E-state index in [-0.39, 0.29) is 22.7 Å². The molecule has 0 fully saturated rings. The summed E-state index contributed by atoms with van der Waals surface area (Å²) >= 11 is 0. The summed E-state index contributed by atoms with van der Waals surface area (Å²) in [6.45, 7) is 5.75. The lowest BCUT2D eigenvalue weighted by Gasteiger charge is -2.31. The van der Waals surface area contributed by atoms with Gasteiger partial charge in [-0.25, -0.2) is 8.78 Å². The van der Waals surface area contributed by atoms with Crippen LogP contribution in [0.4, 0.5) is 8.78 Å². The lowest BCUT2D eigenvalue weighted by Crippen LogP contribution is -2.42. The van der Waals surface area contributed by atoms with Gasteiger partial charge in [-0.05, 0) is 45.0 Å². The second-order valence-corrected chi connectivity index (χ2v) is 6.09. The quantitative estimate of drug-likeness (QED) is 0.843. The van der Waals surface area contributed by atoms with Crippen LogP contribution >= 0.6 is 0 Å². The minimum absolute atomic E-state index is 0.121. The number of pyridine rings is 1. The van der Waals surface area contributed by atoms with E-state index >= 15 is 0 Å². The van der Waals surface area contributed by atoms with Crippen LogP contribution in [0.25, 0.3) is 11.1 Å². The monoisotopic (exact) mass is 304 g/mol. The zero-order valence-corrected chi connectivity index (χ0v) is 13.0. The van der Waals surface area contributed by atoms with Gasteiger partial charge < -0.3 is 4.90 Å². The average molecular weight is 304 g/mol. The van der Waals surface area contributed by atoms with E-state index in [9.17, 15) is 13.6 Å². The van der Waals surface area contributed by atoms with Crippen molar-refractivity contribution in [3.63, 3.8) is 0 Å². The van der Waals surface area contributed by atoms with Gasteiger partial charge in [-0.2, -0.15) is 0 Å². The number of carbonyl (C=O) groups excluding carboxylic acids is 1. The zero-order valence-electron chi connectivity index (χ0n) is 13.0. The molecule has 2 rings (SSSR count). The summed E-state index contributed by atoms with van der Waals surface area (Å²) in [7, 11) is 1.70. The van der Waals surface area contributed by atoms with Crippen LogP contribution in [0.15, 0.2) is 36.5 Å². The van der Waals surface area contributed by atoms with E-state index in [1.807, 2.05) is 20.8 Å². The number of amides is 1. The molecule has 5 heteroatoms. The number of nitrogens with zero attached hydrogens (tertiary/aromatic N) is 2. The molecule has 0 radical (unpaired) electrons. The molecule has 116 valence electrons. The normalized spacial score (nSPS) is 11.4. The largest absolute Gasteiger partial charge is 0.336 e. The Balaban J connectivity index is 2.31. The van der Waals surface area contributed by atoms with E-state index in [2.05, 4.69) is 4.98 Å². The first-order valence-corrected chi connectivity index (χ1v) is 6.90. The van der Waals surface area contributed by atoms with E-state index in [4.69, 9.17) is 0 Å². The molecule has 2 aromatic rings. The van der Waals surface area contributed by atoms with Gasteiger partial charge in [-0.15, -0.1) is 0 Å². The van der Waals surface area contributed by atoms with Gasteiger partial charge >= 0.3 is 0 Å².